The summed E-state index contributed by atoms with van der Waals surface area (Å²) in [6.07, 6.45) is -4.30. The second-order valence-electron chi connectivity index (χ2n) is 3.61. The summed E-state index contributed by atoms with van der Waals surface area (Å²) in [5.41, 5.74) is -0.899. The van der Waals surface area contributed by atoms with Crippen LogP contribution in [0.3, 0.4) is 0 Å². The molecule has 92 valence electrons. The third kappa shape index (κ3) is 2.40. The number of carbonyl (C=O) groups excluding carboxylic acids is 1. The van der Waals surface area contributed by atoms with Crippen molar-refractivity contribution >= 4 is 6.29 Å². The molecule has 0 atom stereocenters. The van der Waals surface area contributed by atoms with E-state index in [2.05, 4.69) is 4.98 Å². The Labute approximate surface area is 101 Å². The van der Waals surface area contributed by atoms with Crippen molar-refractivity contribution in [3.63, 3.8) is 0 Å². The molecule has 2 aromatic rings. The highest BCUT2D eigenvalue weighted by atomic mass is 19.4. The van der Waals surface area contributed by atoms with Gasteiger partial charge in [0.25, 0.3) is 0 Å². The molecule has 0 spiro atoms. The Bertz CT molecular complexity index is 564. The third-order valence-electron chi connectivity index (χ3n) is 2.39. The van der Waals surface area contributed by atoms with Crippen molar-refractivity contribution in [1.82, 2.24) is 4.98 Å². The Morgan fingerprint density at radius 3 is 2.22 bits per heavy atom. The van der Waals surface area contributed by atoms with E-state index in [9.17, 15) is 18.0 Å². The molecular weight excluding hydrogens is 243 g/mol. The van der Waals surface area contributed by atoms with Crippen LogP contribution in [-0.4, -0.2) is 11.3 Å². The number of hydrogen-bond acceptors (Lipinski definition) is 2. The molecule has 1 aromatic heterocycles. The summed E-state index contributed by atoms with van der Waals surface area (Å²) >= 11 is 0. The van der Waals surface area contributed by atoms with Crippen LogP contribution < -0.4 is 0 Å². The van der Waals surface area contributed by atoms with E-state index < -0.39 is 11.9 Å². The molecule has 0 amide bonds. The molecular formula is C13H8F3NO. The van der Waals surface area contributed by atoms with E-state index in [1.165, 1.54) is 12.1 Å². The fraction of sp³-hybridized carbons (Fsp3) is 0.0769. The zero-order chi connectivity index (χ0) is 13.2. The van der Waals surface area contributed by atoms with Crippen molar-refractivity contribution in [3.05, 3.63) is 53.9 Å². The number of benzene rings is 1. The SMILES string of the molecule is O=Cc1ccc(-c2ccccc2)c(C(F)(F)F)n1. The first-order valence-electron chi connectivity index (χ1n) is 5.11. The summed E-state index contributed by atoms with van der Waals surface area (Å²) in [5, 5.41) is 0. The monoisotopic (exact) mass is 251 g/mol. The molecule has 0 aliphatic rings. The van der Waals surface area contributed by atoms with E-state index in [0.29, 0.717) is 11.8 Å². The maximum absolute atomic E-state index is 12.9. The van der Waals surface area contributed by atoms with Crippen LogP contribution in [0.15, 0.2) is 42.5 Å². The Morgan fingerprint density at radius 1 is 1.00 bits per heavy atom. The van der Waals surface area contributed by atoms with Gasteiger partial charge in [-0.15, -0.1) is 0 Å². The number of halogens is 3. The van der Waals surface area contributed by atoms with Crippen molar-refractivity contribution in [2.75, 3.05) is 0 Å². The van der Waals surface area contributed by atoms with Gasteiger partial charge in [0.15, 0.2) is 12.0 Å². The molecule has 0 bridgehead atoms. The van der Waals surface area contributed by atoms with Gasteiger partial charge in [0.1, 0.15) is 5.69 Å². The molecule has 0 fully saturated rings. The Morgan fingerprint density at radius 2 is 1.67 bits per heavy atom. The van der Waals surface area contributed by atoms with Crippen molar-refractivity contribution in [2.45, 2.75) is 6.18 Å². The quantitative estimate of drug-likeness (QED) is 0.763. The van der Waals surface area contributed by atoms with Crippen molar-refractivity contribution < 1.29 is 18.0 Å². The van der Waals surface area contributed by atoms with Gasteiger partial charge in [-0.1, -0.05) is 30.3 Å². The van der Waals surface area contributed by atoms with Gasteiger partial charge in [-0.05, 0) is 17.7 Å². The van der Waals surface area contributed by atoms with Gasteiger partial charge in [-0.3, -0.25) is 4.79 Å². The number of pyridine rings is 1. The smallest absolute Gasteiger partial charge is 0.296 e. The first kappa shape index (κ1) is 12.3. The normalized spacial score (nSPS) is 11.3. The van der Waals surface area contributed by atoms with Crippen LogP contribution in [0.25, 0.3) is 11.1 Å². The van der Waals surface area contributed by atoms with Crippen molar-refractivity contribution in [1.29, 1.82) is 0 Å². The second-order valence-corrected chi connectivity index (χ2v) is 3.61. The van der Waals surface area contributed by atoms with Gasteiger partial charge in [-0.25, -0.2) is 4.98 Å². The van der Waals surface area contributed by atoms with E-state index in [1.54, 1.807) is 30.3 Å². The third-order valence-corrected chi connectivity index (χ3v) is 2.39. The summed E-state index contributed by atoms with van der Waals surface area (Å²) in [4.78, 5) is 13.8. The van der Waals surface area contributed by atoms with Crippen LogP contribution in [0.4, 0.5) is 13.2 Å². The van der Waals surface area contributed by atoms with E-state index in [4.69, 9.17) is 0 Å². The minimum atomic E-state index is -4.59. The first-order chi connectivity index (χ1) is 8.52. The summed E-state index contributed by atoms with van der Waals surface area (Å²) in [6.45, 7) is 0. The van der Waals surface area contributed by atoms with Gasteiger partial charge in [-0.2, -0.15) is 13.2 Å². The molecule has 0 aliphatic carbocycles. The van der Waals surface area contributed by atoms with Crippen LogP contribution in [-0.2, 0) is 6.18 Å². The fourth-order valence-corrected chi connectivity index (χ4v) is 1.61. The van der Waals surface area contributed by atoms with Crippen LogP contribution in [0.5, 0.6) is 0 Å². The molecule has 0 radical (unpaired) electrons. The highest BCUT2D eigenvalue weighted by molar-refractivity contribution is 5.75. The number of nitrogens with zero attached hydrogens (tertiary/aromatic N) is 1. The van der Waals surface area contributed by atoms with Crippen LogP contribution in [0.1, 0.15) is 16.2 Å². The van der Waals surface area contributed by atoms with Crippen molar-refractivity contribution in [3.8, 4) is 11.1 Å². The second kappa shape index (κ2) is 4.60. The topological polar surface area (TPSA) is 30.0 Å². The van der Waals surface area contributed by atoms with Gasteiger partial charge >= 0.3 is 6.18 Å². The Hall–Kier alpha value is -2.17. The summed E-state index contributed by atoms with van der Waals surface area (Å²) in [7, 11) is 0. The number of aromatic nitrogens is 1. The Balaban J connectivity index is 2.64. The lowest BCUT2D eigenvalue weighted by Gasteiger charge is -2.12. The molecule has 2 nitrogen and oxygen atoms in total. The number of aldehydes is 1. The molecule has 0 saturated carbocycles. The van der Waals surface area contributed by atoms with Crippen molar-refractivity contribution in [2.24, 2.45) is 0 Å². The maximum Gasteiger partial charge on any atom is 0.433 e. The summed E-state index contributed by atoms with van der Waals surface area (Å²) in [6, 6.07) is 10.6. The van der Waals surface area contributed by atoms with Crippen LogP contribution in [0.2, 0.25) is 0 Å². The highest BCUT2D eigenvalue weighted by Crippen LogP contribution is 2.35. The molecule has 1 heterocycles. The van der Waals surface area contributed by atoms with Gasteiger partial charge in [0.2, 0.25) is 0 Å². The predicted octanol–water partition coefficient (Wildman–Crippen LogP) is 3.58. The lowest BCUT2D eigenvalue weighted by molar-refractivity contribution is -0.140. The highest BCUT2D eigenvalue weighted by Gasteiger charge is 2.35. The number of alkyl halides is 3. The number of hydrogen-bond donors (Lipinski definition) is 0. The molecule has 0 N–H and O–H groups in total. The molecule has 0 saturated heterocycles. The van der Waals surface area contributed by atoms with E-state index in [0.717, 1.165) is 0 Å². The standard InChI is InChI=1S/C13H8F3NO/c14-13(15,16)12-11(7-6-10(8-18)17-12)9-4-2-1-3-5-9/h1-8H. The number of rotatable bonds is 2. The first-order valence-corrected chi connectivity index (χ1v) is 5.11. The molecule has 5 heteroatoms. The molecule has 2 rings (SSSR count). The molecule has 18 heavy (non-hydrogen) atoms. The summed E-state index contributed by atoms with van der Waals surface area (Å²) < 4.78 is 38.6. The van der Waals surface area contributed by atoms with Gasteiger partial charge < -0.3 is 0 Å². The van der Waals surface area contributed by atoms with Gasteiger partial charge in [0.05, 0.1) is 0 Å². The predicted molar refractivity (Wildman–Crippen MR) is 60.1 cm³/mol. The fourth-order valence-electron chi connectivity index (χ4n) is 1.61. The average molecular weight is 251 g/mol. The molecule has 0 aliphatic heterocycles. The largest absolute Gasteiger partial charge is 0.433 e. The van der Waals surface area contributed by atoms with E-state index in [-0.39, 0.29) is 11.3 Å². The molecule has 1 aromatic carbocycles. The van der Waals surface area contributed by atoms with E-state index >= 15 is 0 Å². The van der Waals surface area contributed by atoms with E-state index in [1.807, 2.05) is 0 Å². The lowest BCUT2D eigenvalue weighted by Crippen LogP contribution is -2.11. The zero-order valence-electron chi connectivity index (χ0n) is 9.11. The van der Waals surface area contributed by atoms with Gasteiger partial charge in [0, 0.05) is 5.56 Å². The van der Waals surface area contributed by atoms with Crippen LogP contribution in [0, 0.1) is 0 Å². The summed E-state index contributed by atoms with van der Waals surface area (Å²) in [5.74, 6) is 0. The lowest BCUT2D eigenvalue weighted by atomic mass is 10.0. The zero-order valence-corrected chi connectivity index (χ0v) is 9.11. The minimum absolute atomic E-state index is 0.0336. The number of carbonyl (C=O) groups is 1. The molecule has 0 unspecified atom stereocenters. The minimum Gasteiger partial charge on any atom is -0.296 e. The Kier molecular flexibility index (Phi) is 3.14. The average Bonchev–Trinajstić information content (AvgIpc) is 2.38. The van der Waals surface area contributed by atoms with Crippen LogP contribution >= 0.6 is 0 Å². The maximum atomic E-state index is 12.9.